The third-order valence-corrected chi connectivity index (χ3v) is 2.74. The van der Waals surface area contributed by atoms with E-state index in [2.05, 4.69) is 0 Å². The van der Waals surface area contributed by atoms with Gasteiger partial charge < -0.3 is 5.73 Å². The summed E-state index contributed by atoms with van der Waals surface area (Å²) in [5.74, 6) is 0. The Morgan fingerprint density at radius 1 is 1.42 bits per heavy atom. The van der Waals surface area contributed by atoms with Crippen LogP contribution in [0, 0.1) is 0 Å². The normalized spacial score (nSPS) is 11.7. The van der Waals surface area contributed by atoms with Gasteiger partial charge in [0, 0.05) is 12.1 Å². The van der Waals surface area contributed by atoms with Gasteiger partial charge in [-0.05, 0) is 56.8 Å². The average molecular weight is 391 g/mol. The zero-order valence-corrected chi connectivity index (χ0v) is 10.5. The van der Waals surface area contributed by atoms with Crippen LogP contribution in [0.5, 0.6) is 0 Å². The summed E-state index contributed by atoms with van der Waals surface area (Å²) in [5.41, 5.74) is 7.05. The summed E-state index contributed by atoms with van der Waals surface area (Å²) in [7, 11) is 0. The SMILES string of the molecule is NCc1cccc(C(F)(I)I)c1. The van der Waals surface area contributed by atoms with Gasteiger partial charge in [0.15, 0.2) is 0 Å². The molecule has 0 aromatic heterocycles. The fourth-order valence-corrected chi connectivity index (χ4v) is 1.55. The van der Waals surface area contributed by atoms with Crippen molar-refractivity contribution in [1.29, 1.82) is 0 Å². The lowest BCUT2D eigenvalue weighted by Gasteiger charge is -2.11. The van der Waals surface area contributed by atoms with Crippen molar-refractivity contribution < 1.29 is 4.39 Å². The largest absolute Gasteiger partial charge is 0.326 e. The van der Waals surface area contributed by atoms with Crippen molar-refractivity contribution in [1.82, 2.24) is 0 Å². The minimum absolute atomic E-state index is 0.456. The highest BCUT2D eigenvalue weighted by atomic mass is 127. The van der Waals surface area contributed by atoms with E-state index in [9.17, 15) is 4.39 Å². The van der Waals surface area contributed by atoms with E-state index >= 15 is 0 Å². The molecule has 0 amide bonds. The second-order valence-electron chi connectivity index (χ2n) is 2.40. The lowest BCUT2D eigenvalue weighted by Crippen LogP contribution is -2.02. The van der Waals surface area contributed by atoms with Crippen LogP contribution in [-0.2, 0) is 8.23 Å². The van der Waals surface area contributed by atoms with E-state index in [1.165, 1.54) is 0 Å². The third kappa shape index (κ3) is 2.81. The summed E-state index contributed by atoms with van der Waals surface area (Å²) in [6.45, 7) is 0.456. The predicted molar refractivity (Wildman–Crippen MR) is 65.2 cm³/mol. The first-order valence-electron chi connectivity index (χ1n) is 3.40. The van der Waals surface area contributed by atoms with Crippen molar-refractivity contribution >= 4 is 45.2 Å². The maximum absolute atomic E-state index is 13.4. The van der Waals surface area contributed by atoms with Crippen molar-refractivity contribution in [3.05, 3.63) is 35.4 Å². The molecule has 0 bridgehead atoms. The maximum Gasteiger partial charge on any atom is 0.235 e. The molecule has 1 aromatic rings. The molecule has 0 heterocycles. The van der Waals surface area contributed by atoms with E-state index in [1.807, 2.05) is 12.1 Å². The molecule has 0 aliphatic heterocycles. The molecule has 0 atom stereocenters. The molecule has 0 unspecified atom stereocenters. The first kappa shape index (κ1) is 10.6. The van der Waals surface area contributed by atoms with E-state index in [-0.39, 0.29) is 0 Å². The lowest BCUT2D eigenvalue weighted by atomic mass is 10.1. The molecule has 0 fully saturated rings. The average Bonchev–Trinajstić information content (AvgIpc) is 2.03. The Balaban J connectivity index is 3.02. The summed E-state index contributed by atoms with van der Waals surface area (Å²) in [4.78, 5) is 0. The Kier molecular flexibility index (Phi) is 3.72. The van der Waals surface area contributed by atoms with Crippen molar-refractivity contribution in [3.63, 3.8) is 0 Å². The highest BCUT2D eigenvalue weighted by molar-refractivity contribution is 14.2. The number of hydrogen-bond donors (Lipinski definition) is 1. The molecule has 4 heteroatoms. The van der Waals surface area contributed by atoms with Crippen molar-refractivity contribution in [2.24, 2.45) is 5.73 Å². The van der Waals surface area contributed by atoms with Gasteiger partial charge in [0.1, 0.15) is 0 Å². The van der Waals surface area contributed by atoms with Crippen LogP contribution < -0.4 is 5.73 Å². The molecule has 0 spiro atoms. The molecule has 1 rings (SSSR count). The molecule has 12 heavy (non-hydrogen) atoms. The molecule has 0 saturated heterocycles. The summed E-state index contributed by atoms with van der Waals surface area (Å²) >= 11 is 3.51. The Labute approximate surface area is 98.2 Å². The van der Waals surface area contributed by atoms with Gasteiger partial charge in [0.05, 0.1) is 0 Å². The summed E-state index contributed by atoms with van der Waals surface area (Å²) in [6.07, 6.45) is 0. The highest BCUT2D eigenvalue weighted by Crippen LogP contribution is 2.40. The van der Waals surface area contributed by atoms with E-state index in [0.717, 1.165) is 5.56 Å². The van der Waals surface area contributed by atoms with Gasteiger partial charge in [-0.25, -0.2) is 4.39 Å². The number of alkyl halides is 3. The minimum Gasteiger partial charge on any atom is -0.326 e. The summed E-state index contributed by atoms with van der Waals surface area (Å²) in [5, 5.41) is 0. The van der Waals surface area contributed by atoms with Crippen LogP contribution in [0.15, 0.2) is 24.3 Å². The molecule has 1 aromatic carbocycles. The molecule has 0 saturated carbocycles. The van der Waals surface area contributed by atoms with E-state index in [0.29, 0.717) is 12.1 Å². The van der Waals surface area contributed by atoms with E-state index in [4.69, 9.17) is 5.73 Å². The van der Waals surface area contributed by atoms with Crippen LogP contribution in [0.1, 0.15) is 11.1 Å². The van der Waals surface area contributed by atoms with Crippen molar-refractivity contribution in [2.75, 3.05) is 0 Å². The fraction of sp³-hybridized carbons (Fsp3) is 0.250. The Morgan fingerprint density at radius 2 is 2.08 bits per heavy atom. The molecule has 66 valence electrons. The van der Waals surface area contributed by atoms with Gasteiger partial charge in [0.2, 0.25) is 1.68 Å². The van der Waals surface area contributed by atoms with Crippen LogP contribution in [0.3, 0.4) is 0 Å². The Morgan fingerprint density at radius 3 is 2.58 bits per heavy atom. The number of hydrogen-bond acceptors (Lipinski definition) is 1. The van der Waals surface area contributed by atoms with Gasteiger partial charge >= 0.3 is 0 Å². The van der Waals surface area contributed by atoms with Crippen LogP contribution in [-0.4, -0.2) is 0 Å². The monoisotopic (exact) mass is 391 g/mol. The zero-order valence-electron chi connectivity index (χ0n) is 6.23. The van der Waals surface area contributed by atoms with Crippen LogP contribution in [0.25, 0.3) is 0 Å². The lowest BCUT2D eigenvalue weighted by molar-refractivity contribution is 0.469. The Bertz CT molecular complexity index is 270. The zero-order chi connectivity index (χ0) is 9.19. The van der Waals surface area contributed by atoms with Crippen molar-refractivity contribution in [2.45, 2.75) is 8.23 Å². The smallest absolute Gasteiger partial charge is 0.235 e. The molecule has 0 aliphatic rings. The standard InChI is InChI=1S/C8H8FI2N/c9-8(10,11)7-3-1-2-6(4-7)5-12/h1-4H,5,12H2. The second-order valence-corrected chi connectivity index (χ2v) is 7.44. The number of benzene rings is 1. The van der Waals surface area contributed by atoms with Gasteiger partial charge in [-0.15, -0.1) is 0 Å². The molecule has 2 N–H and O–H groups in total. The van der Waals surface area contributed by atoms with Crippen LogP contribution in [0.2, 0.25) is 0 Å². The van der Waals surface area contributed by atoms with Crippen LogP contribution in [0.4, 0.5) is 4.39 Å². The molecular weight excluding hydrogens is 383 g/mol. The molecule has 0 radical (unpaired) electrons. The number of halogens is 3. The first-order chi connectivity index (χ1) is 5.54. The van der Waals surface area contributed by atoms with Crippen molar-refractivity contribution in [3.8, 4) is 0 Å². The van der Waals surface area contributed by atoms with E-state index < -0.39 is 1.68 Å². The van der Waals surface area contributed by atoms with Gasteiger partial charge in [-0.1, -0.05) is 18.2 Å². The number of rotatable bonds is 2. The highest BCUT2D eigenvalue weighted by Gasteiger charge is 2.23. The fourth-order valence-electron chi connectivity index (χ4n) is 0.875. The van der Waals surface area contributed by atoms with Gasteiger partial charge in [-0.3, -0.25) is 0 Å². The molecule has 1 nitrogen and oxygen atoms in total. The number of nitrogens with two attached hydrogens (primary N) is 1. The van der Waals surface area contributed by atoms with E-state index in [1.54, 1.807) is 57.3 Å². The molecular formula is C8H8FI2N. The summed E-state index contributed by atoms with van der Waals surface area (Å²) in [6, 6.07) is 7.27. The topological polar surface area (TPSA) is 26.0 Å². The molecule has 0 aliphatic carbocycles. The minimum atomic E-state index is -1.33. The van der Waals surface area contributed by atoms with Crippen LogP contribution >= 0.6 is 45.2 Å². The second kappa shape index (κ2) is 4.19. The quantitative estimate of drug-likeness (QED) is 0.609. The first-order valence-corrected chi connectivity index (χ1v) is 5.56. The maximum atomic E-state index is 13.4. The summed E-state index contributed by atoms with van der Waals surface area (Å²) < 4.78 is 12.0. The third-order valence-electron chi connectivity index (χ3n) is 1.49. The van der Waals surface area contributed by atoms with Gasteiger partial charge in [0.25, 0.3) is 0 Å². The predicted octanol–water partition coefficient (Wildman–Crippen LogP) is 3.10. The Hall–Kier alpha value is 0.570. The van der Waals surface area contributed by atoms with Gasteiger partial charge in [-0.2, -0.15) is 0 Å².